The van der Waals surface area contributed by atoms with E-state index < -0.39 is 12.1 Å². The summed E-state index contributed by atoms with van der Waals surface area (Å²) < 4.78 is 2.30. The molecule has 0 aliphatic heterocycles. The fourth-order valence-electron chi connectivity index (χ4n) is 5.14. The molecule has 1 aliphatic rings. The zero-order valence-electron chi connectivity index (χ0n) is 23.3. The van der Waals surface area contributed by atoms with Crippen molar-refractivity contribution in [2.75, 3.05) is 4.90 Å². The minimum Gasteiger partial charge on any atom is -0.336 e. The number of carbonyl (C=O) groups excluding carboxylic acids is 2. The predicted molar refractivity (Wildman–Crippen MR) is 158 cm³/mol. The molecule has 1 fully saturated rings. The summed E-state index contributed by atoms with van der Waals surface area (Å²) in [6.45, 7) is 7.39. The number of imide groups is 1. The van der Waals surface area contributed by atoms with Gasteiger partial charge in [-0.25, -0.2) is 14.5 Å². The van der Waals surface area contributed by atoms with Crippen LogP contribution < -0.4 is 15.5 Å². The number of benzene rings is 2. The van der Waals surface area contributed by atoms with Gasteiger partial charge in [0.1, 0.15) is 6.07 Å². The topological polar surface area (TPSA) is 103 Å². The number of nitriles is 1. The van der Waals surface area contributed by atoms with Gasteiger partial charge < -0.3 is 15.2 Å². The van der Waals surface area contributed by atoms with Crippen LogP contribution >= 0.6 is 0 Å². The molecule has 0 unspecified atom stereocenters. The van der Waals surface area contributed by atoms with Crippen LogP contribution in [-0.4, -0.2) is 33.7 Å². The maximum absolute atomic E-state index is 13.0. The fourth-order valence-corrected chi connectivity index (χ4v) is 5.14. The van der Waals surface area contributed by atoms with Gasteiger partial charge in [-0.15, -0.1) is 0 Å². The van der Waals surface area contributed by atoms with Crippen LogP contribution in [0.2, 0.25) is 0 Å². The van der Waals surface area contributed by atoms with Crippen molar-refractivity contribution in [3.8, 4) is 28.6 Å². The zero-order chi connectivity index (χ0) is 28.4. The average molecular weight is 535 g/mol. The summed E-state index contributed by atoms with van der Waals surface area (Å²) in [7, 11) is 0. The molecule has 5 rings (SSSR count). The Hall–Kier alpha value is -4.64. The van der Waals surface area contributed by atoms with Gasteiger partial charge in [0, 0.05) is 35.3 Å². The van der Waals surface area contributed by atoms with Crippen LogP contribution in [-0.2, 0) is 0 Å². The molecule has 8 heteroatoms. The lowest BCUT2D eigenvalue weighted by atomic mass is 9.92. The predicted octanol–water partition coefficient (Wildman–Crippen LogP) is 7.01. The molecule has 2 heterocycles. The fraction of sp³-hybridized carbons (Fsp3) is 0.312. The van der Waals surface area contributed by atoms with Crippen LogP contribution in [0, 0.1) is 11.3 Å². The van der Waals surface area contributed by atoms with Crippen LogP contribution in [0.3, 0.4) is 0 Å². The molecule has 2 aromatic carbocycles. The number of pyridine rings is 1. The average Bonchev–Trinajstić information content (AvgIpc) is 3.21. The van der Waals surface area contributed by atoms with Gasteiger partial charge >= 0.3 is 12.1 Å². The van der Waals surface area contributed by atoms with Crippen LogP contribution in [0.4, 0.5) is 15.3 Å². The van der Waals surface area contributed by atoms with Gasteiger partial charge in [0.25, 0.3) is 0 Å². The summed E-state index contributed by atoms with van der Waals surface area (Å²) in [4.78, 5) is 31.6. The third kappa shape index (κ3) is 5.15. The molecule has 1 aliphatic carbocycles. The lowest BCUT2D eigenvalue weighted by Crippen LogP contribution is -2.51. The number of amides is 4. The van der Waals surface area contributed by atoms with Gasteiger partial charge in [-0.1, -0.05) is 30.3 Å². The van der Waals surface area contributed by atoms with Crippen molar-refractivity contribution in [2.45, 2.75) is 65.1 Å². The minimum absolute atomic E-state index is 0.131. The van der Waals surface area contributed by atoms with Gasteiger partial charge in [-0.05, 0) is 82.9 Å². The van der Waals surface area contributed by atoms with E-state index in [-0.39, 0.29) is 12.1 Å². The van der Waals surface area contributed by atoms with E-state index in [9.17, 15) is 14.9 Å². The van der Waals surface area contributed by atoms with Crippen molar-refractivity contribution in [2.24, 2.45) is 0 Å². The van der Waals surface area contributed by atoms with E-state index in [1.165, 1.54) is 0 Å². The third-order valence-corrected chi connectivity index (χ3v) is 7.15. The highest BCUT2D eigenvalue weighted by molar-refractivity contribution is 6.13. The quantitative estimate of drug-likeness (QED) is 0.278. The van der Waals surface area contributed by atoms with Crippen LogP contribution in [0.1, 0.15) is 58.6 Å². The standard InChI is InChI=1S/C32H34N6O2/c1-20(2)35-31(39)38(32(40)36-21(3)4)25-14-11-22(12-15-25)30-27(19-33)26-16-13-23(28-10-5-6-17-34-28)18-29(26)37(30)24-8-7-9-24/h5-6,10-18,20-21,24H,7-9H2,1-4H3,(H,35,39)(H,36,40). The summed E-state index contributed by atoms with van der Waals surface area (Å²) in [6.07, 6.45) is 5.03. The highest BCUT2D eigenvalue weighted by Gasteiger charge is 2.29. The third-order valence-electron chi connectivity index (χ3n) is 7.15. The number of rotatable bonds is 6. The number of hydrogen-bond donors (Lipinski definition) is 2. The summed E-state index contributed by atoms with van der Waals surface area (Å²) >= 11 is 0. The molecule has 0 saturated heterocycles. The first kappa shape index (κ1) is 26.9. The Morgan fingerprint density at radius 2 is 1.60 bits per heavy atom. The van der Waals surface area contributed by atoms with Crippen LogP contribution in [0.15, 0.2) is 66.9 Å². The number of nitrogens with zero attached hydrogens (tertiary/aromatic N) is 4. The highest BCUT2D eigenvalue weighted by Crippen LogP contribution is 2.43. The van der Waals surface area contributed by atoms with Crippen molar-refractivity contribution in [3.05, 3.63) is 72.4 Å². The maximum atomic E-state index is 13.0. The molecule has 204 valence electrons. The highest BCUT2D eigenvalue weighted by atomic mass is 16.2. The number of nitrogens with one attached hydrogen (secondary N) is 2. The smallest absolute Gasteiger partial charge is 0.330 e. The largest absolute Gasteiger partial charge is 0.336 e. The van der Waals surface area contributed by atoms with E-state index in [0.29, 0.717) is 17.3 Å². The lowest BCUT2D eigenvalue weighted by Gasteiger charge is -2.30. The molecular weight excluding hydrogens is 500 g/mol. The molecule has 0 spiro atoms. The Labute approximate surface area is 234 Å². The van der Waals surface area contributed by atoms with Crippen LogP contribution in [0.25, 0.3) is 33.4 Å². The molecule has 0 atom stereocenters. The second-order valence-corrected chi connectivity index (χ2v) is 10.8. The SMILES string of the molecule is CC(C)NC(=O)N(C(=O)NC(C)C)c1ccc(-c2c(C#N)c3ccc(-c4ccccn4)cc3n2C2CCC2)cc1. The Morgan fingerprint density at radius 1 is 0.950 bits per heavy atom. The molecule has 2 aromatic heterocycles. The van der Waals surface area contributed by atoms with Crippen molar-refractivity contribution in [1.29, 1.82) is 5.26 Å². The van der Waals surface area contributed by atoms with E-state index in [1.807, 2.05) is 70.2 Å². The van der Waals surface area contributed by atoms with Crippen molar-refractivity contribution in [3.63, 3.8) is 0 Å². The monoisotopic (exact) mass is 534 g/mol. The van der Waals surface area contributed by atoms with Gasteiger partial charge in [0.05, 0.1) is 28.2 Å². The first-order valence-electron chi connectivity index (χ1n) is 13.8. The zero-order valence-corrected chi connectivity index (χ0v) is 23.3. The van der Waals surface area contributed by atoms with Gasteiger partial charge in [-0.2, -0.15) is 5.26 Å². The Balaban J connectivity index is 1.61. The van der Waals surface area contributed by atoms with E-state index >= 15 is 0 Å². The number of urea groups is 2. The van der Waals surface area contributed by atoms with E-state index in [0.717, 1.165) is 57.6 Å². The molecule has 40 heavy (non-hydrogen) atoms. The molecular formula is C32H34N6O2. The number of anilines is 1. The number of aromatic nitrogens is 2. The first-order chi connectivity index (χ1) is 19.3. The number of hydrogen-bond acceptors (Lipinski definition) is 4. The maximum Gasteiger partial charge on any atom is 0.330 e. The van der Waals surface area contributed by atoms with Gasteiger partial charge in [0.2, 0.25) is 0 Å². The molecule has 8 nitrogen and oxygen atoms in total. The second kappa shape index (κ2) is 11.2. The van der Waals surface area contributed by atoms with Crippen molar-refractivity contribution >= 4 is 28.7 Å². The Morgan fingerprint density at radius 3 is 2.12 bits per heavy atom. The summed E-state index contributed by atoms with van der Waals surface area (Å²) in [5, 5.41) is 16.8. The lowest BCUT2D eigenvalue weighted by molar-refractivity contribution is 0.232. The first-order valence-corrected chi connectivity index (χ1v) is 13.8. The molecule has 1 saturated carbocycles. The van der Waals surface area contributed by atoms with Crippen LogP contribution in [0.5, 0.6) is 0 Å². The Bertz CT molecular complexity index is 1560. The van der Waals surface area contributed by atoms with E-state index in [2.05, 4.69) is 32.3 Å². The van der Waals surface area contributed by atoms with Gasteiger partial charge in [-0.3, -0.25) is 4.98 Å². The van der Waals surface area contributed by atoms with E-state index in [1.54, 1.807) is 18.3 Å². The number of carbonyl (C=O) groups is 2. The molecule has 2 N–H and O–H groups in total. The normalized spacial score (nSPS) is 13.2. The summed E-state index contributed by atoms with van der Waals surface area (Å²) in [6, 6.07) is 20.8. The van der Waals surface area contributed by atoms with Gasteiger partial charge in [0.15, 0.2) is 0 Å². The number of fused-ring (bicyclic) bond motifs is 1. The van der Waals surface area contributed by atoms with Crippen molar-refractivity contribution < 1.29 is 9.59 Å². The molecule has 0 bridgehead atoms. The molecule has 4 aromatic rings. The molecule has 0 radical (unpaired) electrons. The Kier molecular flexibility index (Phi) is 7.56. The minimum atomic E-state index is -0.496. The van der Waals surface area contributed by atoms with E-state index in [4.69, 9.17) is 0 Å². The molecule has 4 amide bonds. The second-order valence-electron chi connectivity index (χ2n) is 10.8. The van der Waals surface area contributed by atoms with Crippen molar-refractivity contribution in [1.82, 2.24) is 20.2 Å². The summed E-state index contributed by atoms with van der Waals surface area (Å²) in [5.41, 5.74) is 5.68. The summed E-state index contributed by atoms with van der Waals surface area (Å²) in [5.74, 6) is 0.